The van der Waals surface area contributed by atoms with Crippen molar-refractivity contribution in [3.05, 3.63) is 455 Å². The van der Waals surface area contributed by atoms with Gasteiger partial charge in [-0.2, -0.15) is 0 Å². The van der Waals surface area contributed by atoms with E-state index in [9.17, 15) is 0 Å². The van der Waals surface area contributed by atoms with Crippen molar-refractivity contribution in [2.45, 2.75) is 0 Å². The molecule has 6 heterocycles. The quantitative estimate of drug-likeness (QED) is 0.0975. The molecular weight excluding hydrogens is 1890 g/mol. The monoisotopic (exact) mass is 1980 g/mol. The molecule has 0 saturated carbocycles. The second kappa shape index (κ2) is 34.3. The molecule has 139 heavy (non-hydrogen) atoms. The molecule has 6 aromatic heterocycles. The summed E-state index contributed by atoms with van der Waals surface area (Å²) in [6.07, 6.45) is 0. The zero-order chi connectivity index (χ0) is 102. The predicted molar refractivity (Wildman–Crippen MR) is 585 cm³/mol. The number of hydrogen-bond donors (Lipinski definition) is 0. The number of benzene rings is 23. The van der Waals surface area contributed by atoms with Crippen LogP contribution >= 0.6 is 0 Å². The summed E-state index contributed by atoms with van der Waals surface area (Å²) in [6, 6.07) is 129. The van der Waals surface area contributed by atoms with Gasteiger partial charge in [-0.3, -0.25) is 0 Å². The predicted octanol–water partition coefficient (Wildman–Crippen LogP) is 31.9. The Balaban J connectivity index is 0.000000111. The molecule has 12 heteroatoms. The van der Waals surface area contributed by atoms with Gasteiger partial charge in [0.1, 0.15) is 0 Å². The summed E-state index contributed by atoms with van der Waals surface area (Å²) in [5, 5.41) is 28.5. The van der Waals surface area contributed by atoms with Gasteiger partial charge in [-0.15, -0.1) is 0 Å². The van der Waals surface area contributed by atoms with Crippen LogP contribution in [0.15, 0.2) is 455 Å². The minimum atomic E-state index is -0.885. The van der Waals surface area contributed by atoms with Gasteiger partial charge in [-0.25, -0.2) is 0 Å². The van der Waals surface area contributed by atoms with Crippen LogP contribution in [0.5, 0.6) is 0 Å². The third-order valence-corrected chi connectivity index (χ3v) is 33.8. The molecule has 0 spiro atoms. The van der Waals surface area contributed by atoms with Crippen molar-refractivity contribution in [3.63, 3.8) is 0 Å². The van der Waals surface area contributed by atoms with Crippen molar-refractivity contribution in [1.82, 2.24) is 44.9 Å². The SMILES string of the molecule is [2H]c1c([2H])c([2H])c(-c2nc(-c3ccc4ccc5c6ccccc6ccc5c4c3)nc(-c3c([2H])c([2H])c([2H])c4c3[se]c3c([2H])c([2H])c([2H])c([2H])c34)n2)c([2H])c1[2H].c1ccc(-c2cccc(-c3nc(-c4ccc5ccc6c7ccccc7ccc6c5c4)nc(-c4cccc5c4[se]c4ccccc45)n3)c2)cc1.c1ccc2cc(-c3nc(-c4ccc5ccc6c7ccccc7ccc6c5c4)nc(-c4cccc5c4[se]c4ccccc45)n3)ccc2c1. The van der Waals surface area contributed by atoms with E-state index in [0.717, 1.165) is 82.2 Å². The first-order chi connectivity index (χ1) is 73.8. The molecule has 0 aliphatic rings. The molecule has 0 bridgehead atoms. The molecule has 646 valence electrons. The first kappa shape index (κ1) is 70.0. The molecular formula is C127H75N9Se3. The number of nitrogens with zero attached hydrogens (tertiary/aromatic N) is 9. The molecule has 0 atom stereocenters. The molecule has 0 aliphatic heterocycles. The van der Waals surface area contributed by atoms with Crippen LogP contribution in [0.1, 0.15) is 16.4 Å². The zero-order valence-electron chi connectivity index (χ0n) is 85.6. The molecule has 0 saturated heterocycles. The summed E-state index contributed by atoms with van der Waals surface area (Å²) in [5.41, 5.74) is 8.54. The van der Waals surface area contributed by atoms with E-state index >= 15 is 0 Å². The van der Waals surface area contributed by atoms with Crippen molar-refractivity contribution in [3.8, 4) is 114 Å². The van der Waals surface area contributed by atoms with Gasteiger partial charge in [0.15, 0.2) is 0 Å². The molecule has 0 radical (unpaired) electrons. The van der Waals surface area contributed by atoms with Crippen LogP contribution in [0.4, 0.5) is 0 Å². The first-order valence-electron chi connectivity index (χ1n) is 51.6. The average molecular weight is 1980 g/mol. The van der Waals surface area contributed by atoms with Gasteiger partial charge in [0.25, 0.3) is 0 Å². The standard InChI is InChI=1S/C45H27N3Se.C43H25N3Se.C39H23N3Se/c1-2-10-28(11-3-1)31-13-8-14-32(26-31)43-46-44(48-45(47-43)39-18-9-17-38-37-16-6-7-19-41(37)49-42(38)39)33-21-20-30-23-24-35-34-15-5-4-12-29(34)22-25-36(35)40(30)27-33;1-2-10-29-24-30(18-16-26(29)8-1)41-44-42(46-43(45-41)37-14-7-13-36-35-12-5-6-15-39(35)47-40(36)37)31-19-17-28-21-22-33-32-11-4-3-9-27(32)20-23-34(33)38(28)25-31;1-2-10-26(11-3-1)37-40-38(42-39(41-37)33-15-8-14-32-31-13-6-7-16-35(31)43-36(32)33)27-18-17-25-20-21-29-28-12-5-4-9-24(28)19-22-30(29)34(25)23-27/h1-27H;1-25H;1-23H/i;;1D,2D,3D,6D,7D,8D,10D,11D,13D,14D,15D,16D. The van der Waals surface area contributed by atoms with E-state index in [2.05, 4.69) is 331 Å². The van der Waals surface area contributed by atoms with Crippen LogP contribution in [-0.2, 0) is 0 Å². The van der Waals surface area contributed by atoms with E-state index in [1.807, 2.05) is 54.6 Å². The number of fused-ring (bicyclic) bond motifs is 25. The van der Waals surface area contributed by atoms with Gasteiger partial charge in [0.2, 0.25) is 0 Å². The number of aromatic nitrogens is 9. The third-order valence-electron chi connectivity index (χ3n) is 26.3. The molecule has 23 aromatic carbocycles. The Hall–Kier alpha value is -16.8. The Kier molecular flexibility index (Phi) is 17.2. The second-order valence-corrected chi connectivity index (χ2v) is 41.0. The molecule has 29 rings (SSSR count). The fraction of sp³-hybridized carbons (Fsp3) is 0. The van der Waals surface area contributed by atoms with E-state index in [1.54, 1.807) is 6.07 Å². The van der Waals surface area contributed by atoms with E-state index in [1.165, 1.54) is 109 Å². The van der Waals surface area contributed by atoms with Crippen molar-refractivity contribution in [2.24, 2.45) is 0 Å². The fourth-order valence-electron chi connectivity index (χ4n) is 19.6. The van der Waals surface area contributed by atoms with E-state index in [0.29, 0.717) is 44.8 Å². The summed E-state index contributed by atoms with van der Waals surface area (Å²) in [5.74, 6) is 3.73. The molecule has 0 aliphatic carbocycles. The van der Waals surface area contributed by atoms with Crippen LogP contribution in [0.3, 0.4) is 0 Å². The van der Waals surface area contributed by atoms with E-state index < -0.39 is 68.9 Å². The normalized spacial score (nSPS) is 12.9. The van der Waals surface area contributed by atoms with Gasteiger partial charge < -0.3 is 0 Å². The van der Waals surface area contributed by atoms with Crippen LogP contribution in [-0.4, -0.2) is 88.4 Å². The Morgan fingerprint density at radius 1 is 0.144 bits per heavy atom. The summed E-state index contributed by atoms with van der Waals surface area (Å²) in [6.45, 7) is 0. The summed E-state index contributed by atoms with van der Waals surface area (Å²) in [7, 11) is 0. The summed E-state index contributed by atoms with van der Waals surface area (Å²) in [4.78, 5) is 45.3. The van der Waals surface area contributed by atoms with Gasteiger partial charge in [0.05, 0.1) is 0 Å². The second-order valence-electron chi connectivity index (χ2n) is 34.4. The topological polar surface area (TPSA) is 116 Å². The minimum absolute atomic E-state index is 0.000892. The van der Waals surface area contributed by atoms with Crippen LogP contribution in [0.25, 0.3) is 279 Å². The first-order valence-corrected chi connectivity index (χ1v) is 50.7. The fourth-order valence-corrected chi connectivity index (χ4v) is 26.9. The number of hydrogen-bond acceptors (Lipinski definition) is 9. The average Bonchev–Trinajstić information content (AvgIpc) is 1.67. The third kappa shape index (κ3) is 14.7. The summed E-state index contributed by atoms with van der Waals surface area (Å²) < 4.78 is 109. The van der Waals surface area contributed by atoms with Crippen molar-refractivity contribution < 1.29 is 16.4 Å². The molecule has 29 aromatic rings. The van der Waals surface area contributed by atoms with Gasteiger partial charge >= 0.3 is 784 Å². The van der Waals surface area contributed by atoms with Gasteiger partial charge in [-0.1, -0.05) is 54.6 Å². The van der Waals surface area contributed by atoms with Crippen molar-refractivity contribution in [2.75, 3.05) is 0 Å². The maximum atomic E-state index is 9.11. The van der Waals surface area contributed by atoms with Crippen LogP contribution in [0, 0.1) is 0 Å². The van der Waals surface area contributed by atoms with Gasteiger partial charge in [-0.05, 0) is 0 Å². The molecule has 0 amide bonds. The van der Waals surface area contributed by atoms with Crippen LogP contribution < -0.4 is 0 Å². The number of rotatable bonds is 10. The van der Waals surface area contributed by atoms with E-state index in [-0.39, 0.29) is 90.8 Å². The molecule has 0 fully saturated rings. The Morgan fingerprint density at radius 2 is 0.460 bits per heavy atom. The Bertz CT molecular complexity index is 10900. The molecule has 0 N–H and O–H groups in total. The van der Waals surface area contributed by atoms with Gasteiger partial charge in [0, 0.05) is 0 Å². The Morgan fingerprint density at radius 3 is 0.950 bits per heavy atom. The maximum absolute atomic E-state index is 9.11. The van der Waals surface area contributed by atoms with Crippen molar-refractivity contribution >= 4 is 209 Å². The molecule has 0 unspecified atom stereocenters. The van der Waals surface area contributed by atoms with Crippen molar-refractivity contribution in [1.29, 1.82) is 0 Å². The van der Waals surface area contributed by atoms with Crippen LogP contribution in [0.2, 0.25) is 0 Å². The Labute approximate surface area is 832 Å². The van der Waals surface area contributed by atoms with E-state index in [4.69, 9.17) is 51.3 Å². The summed E-state index contributed by atoms with van der Waals surface area (Å²) >= 11 is -0.555. The zero-order valence-corrected chi connectivity index (χ0v) is 78.8. The molecule has 9 nitrogen and oxygen atoms in total.